The Labute approximate surface area is 83.7 Å². The smallest absolute Gasteiger partial charge is 0.167 e. The summed E-state index contributed by atoms with van der Waals surface area (Å²) in [6, 6.07) is 0.252. The summed E-state index contributed by atoms with van der Waals surface area (Å²) in [7, 11) is 2.00. The van der Waals surface area contributed by atoms with Crippen LogP contribution in [0.5, 0.6) is 0 Å². The molecule has 0 radical (unpaired) electrons. The lowest BCUT2D eigenvalue weighted by Gasteiger charge is -2.14. The number of nitrogens with zero attached hydrogens (tertiary/aromatic N) is 2. The summed E-state index contributed by atoms with van der Waals surface area (Å²) < 4.78 is 2.01. The molecule has 0 aliphatic heterocycles. The number of aromatic nitrogens is 2. The largest absolute Gasteiger partial charge is 0.329 e. The number of rotatable bonds is 4. The number of nitrogens with two attached hydrogens (primary N) is 1. The molecule has 1 aromatic heterocycles. The van der Waals surface area contributed by atoms with Crippen LogP contribution in [0.1, 0.15) is 13.8 Å². The molecule has 0 fully saturated rings. The van der Waals surface area contributed by atoms with Gasteiger partial charge in [-0.05, 0) is 5.92 Å². The van der Waals surface area contributed by atoms with Crippen LogP contribution in [0.25, 0.3) is 0 Å². The highest BCUT2D eigenvalue weighted by atomic mass is 32.2. The Hall–Kier alpha value is -0.480. The van der Waals surface area contributed by atoms with Gasteiger partial charge in [-0.2, -0.15) is 0 Å². The zero-order valence-corrected chi connectivity index (χ0v) is 9.21. The molecule has 0 aliphatic rings. The minimum Gasteiger partial charge on any atom is -0.329 e. The van der Waals surface area contributed by atoms with E-state index in [2.05, 4.69) is 18.8 Å². The first-order valence-corrected chi connectivity index (χ1v) is 5.45. The molecule has 13 heavy (non-hydrogen) atoms. The monoisotopic (exact) mass is 199 g/mol. The van der Waals surface area contributed by atoms with E-state index in [0.717, 1.165) is 10.9 Å². The average molecular weight is 199 g/mol. The maximum absolute atomic E-state index is 5.93. The Morgan fingerprint density at radius 2 is 2.31 bits per heavy atom. The standard InChI is InChI=1S/C9H17N3S/c1-7(2)8(10)6-13-9-11-4-5-12(9)3/h4-5,7-8H,6,10H2,1-3H3/t8-/m1/s1. The van der Waals surface area contributed by atoms with Gasteiger partial charge in [-0.3, -0.25) is 0 Å². The van der Waals surface area contributed by atoms with Crippen molar-refractivity contribution in [1.29, 1.82) is 0 Å². The lowest BCUT2D eigenvalue weighted by molar-refractivity contribution is 0.535. The van der Waals surface area contributed by atoms with Crippen LogP contribution < -0.4 is 5.73 Å². The number of imidazole rings is 1. The van der Waals surface area contributed by atoms with Crippen molar-refractivity contribution in [1.82, 2.24) is 9.55 Å². The second-order valence-corrected chi connectivity index (χ2v) is 4.53. The molecule has 0 aliphatic carbocycles. The van der Waals surface area contributed by atoms with Crippen molar-refractivity contribution in [2.24, 2.45) is 18.7 Å². The van der Waals surface area contributed by atoms with Crippen molar-refractivity contribution in [3.63, 3.8) is 0 Å². The molecule has 2 N–H and O–H groups in total. The second-order valence-electron chi connectivity index (χ2n) is 3.54. The van der Waals surface area contributed by atoms with Gasteiger partial charge in [0.2, 0.25) is 0 Å². The Morgan fingerprint density at radius 3 is 2.77 bits per heavy atom. The Bertz CT molecular complexity index is 257. The molecule has 1 rings (SSSR count). The first kappa shape index (κ1) is 10.6. The first-order valence-electron chi connectivity index (χ1n) is 4.47. The van der Waals surface area contributed by atoms with E-state index in [1.807, 2.05) is 24.0 Å². The van der Waals surface area contributed by atoms with Gasteiger partial charge in [0.05, 0.1) is 0 Å². The van der Waals surface area contributed by atoms with Crippen molar-refractivity contribution in [2.75, 3.05) is 5.75 Å². The highest BCUT2D eigenvalue weighted by molar-refractivity contribution is 7.99. The molecule has 0 amide bonds. The van der Waals surface area contributed by atoms with Gasteiger partial charge in [-0.1, -0.05) is 25.6 Å². The van der Waals surface area contributed by atoms with Crippen LogP contribution >= 0.6 is 11.8 Å². The molecule has 1 aromatic rings. The van der Waals surface area contributed by atoms with E-state index in [1.165, 1.54) is 0 Å². The van der Waals surface area contributed by atoms with Gasteiger partial charge in [-0.25, -0.2) is 4.98 Å². The molecule has 74 valence electrons. The first-order chi connectivity index (χ1) is 6.11. The SMILES string of the molecule is CC(C)[C@H](N)CSc1nccn1C. The van der Waals surface area contributed by atoms with E-state index in [-0.39, 0.29) is 6.04 Å². The highest BCUT2D eigenvalue weighted by Gasteiger charge is 2.09. The number of aryl methyl sites for hydroxylation is 1. The third-order valence-electron chi connectivity index (χ3n) is 2.04. The predicted molar refractivity (Wildman–Crippen MR) is 56.7 cm³/mol. The Kier molecular flexibility index (Phi) is 3.81. The number of hydrogen-bond donors (Lipinski definition) is 1. The molecule has 0 unspecified atom stereocenters. The fourth-order valence-electron chi connectivity index (χ4n) is 0.854. The van der Waals surface area contributed by atoms with Gasteiger partial charge in [0.15, 0.2) is 5.16 Å². The van der Waals surface area contributed by atoms with Crippen LogP contribution in [-0.4, -0.2) is 21.3 Å². The van der Waals surface area contributed by atoms with Crippen LogP contribution in [0.15, 0.2) is 17.6 Å². The summed E-state index contributed by atoms with van der Waals surface area (Å²) in [4.78, 5) is 4.22. The molecule has 0 aromatic carbocycles. The minimum absolute atomic E-state index is 0.252. The van der Waals surface area contributed by atoms with E-state index >= 15 is 0 Å². The molecule has 3 nitrogen and oxygen atoms in total. The number of thioether (sulfide) groups is 1. The summed E-state index contributed by atoms with van der Waals surface area (Å²) in [5, 5.41) is 1.04. The molecule has 1 atom stereocenters. The normalized spacial score (nSPS) is 13.6. The van der Waals surface area contributed by atoms with E-state index in [4.69, 9.17) is 5.73 Å². The topological polar surface area (TPSA) is 43.8 Å². The van der Waals surface area contributed by atoms with E-state index < -0.39 is 0 Å². The average Bonchev–Trinajstić information content (AvgIpc) is 2.47. The van der Waals surface area contributed by atoms with Crippen molar-refractivity contribution in [3.8, 4) is 0 Å². The second kappa shape index (κ2) is 4.67. The van der Waals surface area contributed by atoms with Crippen LogP contribution in [0.3, 0.4) is 0 Å². The quantitative estimate of drug-likeness (QED) is 0.747. The zero-order valence-electron chi connectivity index (χ0n) is 8.40. The fourth-order valence-corrected chi connectivity index (χ4v) is 1.98. The van der Waals surface area contributed by atoms with Gasteiger partial charge in [-0.15, -0.1) is 0 Å². The van der Waals surface area contributed by atoms with Gasteiger partial charge in [0, 0.05) is 31.2 Å². The van der Waals surface area contributed by atoms with Crippen LogP contribution in [-0.2, 0) is 7.05 Å². The molecule has 0 spiro atoms. The Morgan fingerprint density at radius 1 is 1.62 bits per heavy atom. The molecule has 0 bridgehead atoms. The third kappa shape index (κ3) is 3.04. The molecule has 1 heterocycles. The maximum atomic E-state index is 5.93. The van der Waals surface area contributed by atoms with Crippen LogP contribution in [0.4, 0.5) is 0 Å². The summed E-state index contributed by atoms with van der Waals surface area (Å²) in [5.74, 6) is 1.47. The zero-order chi connectivity index (χ0) is 9.84. The molecule has 0 saturated heterocycles. The minimum atomic E-state index is 0.252. The van der Waals surface area contributed by atoms with Gasteiger partial charge in [0.1, 0.15) is 0 Å². The molecule has 0 saturated carbocycles. The highest BCUT2D eigenvalue weighted by Crippen LogP contribution is 2.16. The summed E-state index contributed by atoms with van der Waals surface area (Å²) >= 11 is 1.72. The Balaban J connectivity index is 2.39. The third-order valence-corrected chi connectivity index (χ3v) is 3.24. The number of hydrogen-bond acceptors (Lipinski definition) is 3. The summed E-state index contributed by atoms with van der Waals surface area (Å²) in [5.41, 5.74) is 5.93. The molecule has 4 heteroatoms. The van der Waals surface area contributed by atoms with Crippen molar-refractivity contribution in [2.45, 2.75) is 25.0 Å². The maximum Gasteiger partial charge on any atom is 0.167 e. The van der Waals surface area contributed by atoms with Gasteiger partial charge < -0.3 is 10.3 Å². The fraction of sp³-hybridized carbons (Fsp3) is 0.667. The molecular formula is C9H17N3S. The van der Waals surface area contributed by atoms with E-state index in [0.29, 0.717) is 5.92 Å². The predicted octanol–water partition coefficient (Wildman–Crippen LogP) is 1.50. The lowest BCUT2D eigenvalue weighted by atomic mass is 10.1. The summed E-state index contributed by atoms with van der Waals surface area (Å²) in [6.07, 6.45) is 3.76. The van der Waals surface area contributed by atoms with Crippen LogP contribution in [0.2, 0.25) is 0 Å². The van der Waals surface area contributed by atoms with E-state index in [9.17, 15) is 0 Å². The van der Waals surface area contributed by atoms with Crippen molar-refractivity contribution >= 4 is 11.8 Å². The van der Waals surface area contributed by atoms with Crippen molar-refractivity contribution in [3.05, 3.63) is 12.4 Å². The van der Waals surface area contributed by atoms with Crippen LogP contribution in [0, 0.1) is 5.92 Å². The molecular weight excluding hydrogens is 182 g/mol. The van der Waals surface area contributed by atoms with E-state index in [1.54, 1.807) is 11.8 Å². The van der Waals surface area contributed by atoms with Gasteiger partial charge >= 0.3 is 0 Å². The lowest BCUT2D eigenvalue weighted by Crippen LogP contribution is -2.28. The summed E-state index contributed by atoms with van der Waals surface area (Å²) in [6.45, 7) is 4.29. The van der Waals surface area contributed by atoms with Gasteiger partial charge in [0.25, 0.3) is 0 Å². The van der Waals surface area contributed by atoms with Crippen molar-refractivity contribution < 1.29 is 0 Å².